The summed E-state index contributed by atoms with van der Waals surface area (Å²) in [7, 11) is -3.59. The van der Waals surface area contributed by atoms with Crippen molar-refractivity contribution in [2.75, 3.05) is 6.54 Å². The van der Waals surface area contributed by atoms with E-state index >= 15 is 0 Å². The molecule has 106 valence electrons. The van der Waals surface area contributed by atoms with Gasteiger partial charge in [0.15, 0.2) is 0 Å². The second-order valence-corrected chi connectivity index (χ2v) is 6.96. The first kappa shape index (κ1) is 14.5. The first-order chi connectivity index (χ1) is 8.97. The molecule has 4 nitrogen and oxygen atoms in total. The van der Waals surface area contributed by atoms with Crippen LogP contribution in [0.15, 0.2) is 29.2 Å². The minimum Gasteiger partial charge on any atom is -0.310 e. The molecule has 0 heterocycles. The Labute approximate surface area is 115 Å². The zero-order chi connectivity index (χ0) is 13.9. The quantitative estimate of drug-likeness (QED) is 0.869. The van der Waals surface area contributed by atoms with Gasteiger partial charge in [0.2, 0.25) is 10.0 Å². The highest BCUT2D eigenvalue weighted by molar-refractivity contribution is 7.89. The van der Waals surface area contributed by atoms with E-state index in [1.807, 2.05) is 12.1 Å². The molecule has 1 unspecified atom stereocenters. The number of rotatable bonds is 5. The lowest BCUT2D eigenvalue weighted by Crippen LogP contribution is -2.24. The van der Waals surface area contributed by atoms with Crippen LogP contribution in [-0.4, -0.2) is 15.0 Å². The van der Waals surface area contributed by atoms with E-state index in [0.29, 0.717) is 0 Å². The lowest BCUT2D eigenvalue weighted by atomic mass is 10.1. The van der Waals surface area contributed by atoms with Gasteiger partial charge in [-0.15, -0.1) is 0 Å². The summed E-state index contributed by atoms with van der Waals surface area (Å²) in [5, 5.41) is 8.60. The highest BCUT2D eigenvalue weighted by Crippen LogP contribution is 2.25. The van der Waals surface area contributed by atoms with Crippen LogP contribution in [0.25, 0.3) is 0 Å². The molecular weight excluding hydrogens is 260 g/mol. The van der Waals surface area contributed by atoms with E-state index in [-0.39, 0.29) is 10.9 Å². The molecule has 0 amide bonds. The Morgan fingerprint density at radius 3 is 2.37 bits per heavy atom. The zero-order valence-corrected chi connectivity index (χ0v) is 12.1. The van der Waals surface area contributed by atoms with E-state index in [0.717, 1.165) is 18.0 Å². The third-order valence-corrected chi connectivity index (χ3v) is 4.83. The minimum atomic E-state index is -3.59. The number of nitrogens with one attached hydrogen (secondary N) is 1. The summed E-state index contributed by atoms with van der Waals surface area (Å²) >= 11 is 0. The average Bonchev–Trinajstić information content (AvgIpc) is 2.88. The lowest BCUT2D eigenvalue weighted by molar-refractivity contribution is 0.452. The summed E-state index contributed by atoms with van der Waals surface area (Å²) in [5.74, 6) is 0.797. The third-order valence-electron chi connectivity index (χ3n) is 3.90. The van der Waals surface area contributed by atoms with Gasteiger partial charge in [-0.1, -0.05) is 25.0 Å². The van der Waals surface area contributed by atoms with Crippen molar-refractivity contribution >= 4 is 10.0 Å². The number of nitrogens with two attached hydrogens (primary N) is 1. The van der Waals surface area contributed by atoms with Gasteiger partial charge in [-0.05, 0) is 49.9 Å². The predicted octanol–water partition coefficient (Wildman–Crippen LogP) is 2.17. The summed E-state index contributed by atoms with van der Waals surface area (Å²) in [6, 6.07) is 7.02. The van der Waals surface area contributed by atoms with Crippen molar-refractivity contribution in [3.05, 3.63) is 29.8 Å². The molecule has 1 aromatic rings. The van der Waals surface area contributed by atoms with Crippen molar-refractivity contribution in [1.29, 1.82) is 0 Å². The number of hydrogen-bond acceptors (Lipinski definition) is 3. The van der Waals surface area contributed by atoms with Crippen LogP contribution in [0.3, 0.4) is 0 Å². The summed E-state index contributed by atoms with van der Waals surface area (Å²) in [6.45, 7) is 3.14. The van der Waals surface area contributed by atoms with Crippen LogP contribution >= 0.6 is 0 Å². The smallest absolute Gasteiger partial charge is 0.238 e. The molecule has 19 heavy (non-hydrogen) atoms. The van der Waals surface area contributed by atoms with E-state index in [4.69, 9.17) is 5.14 Å². The third kappa shape index (κ3) is 4.03. The molecule has 2 rings (SSSR count). The molecule has 0 bridgehead atoms. The summed E-state index contributed by atoms with van der Waals surface area (Å²) in [4.78, 5) is 0.166. The van der Waals surface area contributed by atoms with Gasteiger partial charge in [0, 0.05) is 6.04 Å². The Morgan fingerprint density at radius 1 is 1.26 bits per heavy atom. The monoisotopic (exact) mass is 282 g/mol. The van der Waals surface area contributed by atoms with Crippen molar-refractivity contribution in [2.45, 2.75) is 43.5 Å². The molecule has 1 saturated carbocycles. The Balaban J connectivity index is 1.93. The second kappa shape index (κ2) is 6.03. The van der Waals surface area contributed by atoms with Crippen LogP contribution < -0.4 is 10.5 Å². The van der Waals surface area contributed by atoms with Crippen molar-refractivity contribution in [2.24, 2.45) is 11.1 Å². The van der Waals surface area contributed by atoms with Gasteiger partial charge in [-0.2, -0.15) is 0 Å². The van der Waals surface area contributed by atoms with Crippen molar-refractivity contribution in [3.8, 4) is 0 Å². The largest absolute Gasteiger partial charge is 0.310 e. The van der Waals surface area contributed by atoms with Crippen LogP contribution in [0.2, 0.25) is 0 Å². The molecule has 3 N–H and O–H groups in total. The van der Waals surface area contributed by atoms with Gasteiger partial charge in [-0.3, -0.25) is 0 Å². The van der Waals surface area contributed by atoms with Crippen LogP contribution in [0.1, 0.15) is 44.2 Å². The standard InChI is InChI=1S/C14H22N2O2S/c1-11(16-10-12-4-2-3-5-12)13-6-8-14(9-7-13)19(15,17)18/h6-9,11-12,16H,2-5,10H2,1H3,(H2,15,17,18). The van der Waals surface area contributed by atoms with Crippen molar-refractivity contribution < 1.29 is 8.42 Å². The number of benzene rings is 1. The first-order valence-electron chi connectivity index (χ1n) is 6.83. The molecule has 1 aliphatic rings. The molecular formula is C14H22N2O2S. The number of primary sulfonamides is 1. The summed E-state index contributed by atoms with van der Waals surface area (Å²) in [5.41, 5.74) is 1.09. The predicted molar refractivity (Wildman–Crippen MR) is 76.2 cm³/mol. The zero-order valence-electron chi connectivity index (χ0n) is 11.3. The Hall–Kier alpha value is -0.910. The van der Waals surface area contributed by atoms with Gasteiger partial charge >= 0.3 is 0 Å². The van der Waals surface area contributed by atoms with Gasteiger partial charge < -0.3 is 5.32 Å². The summed E-state index contributed by atoms with van der Waals surface area (Å²) < 4.78 is 22.4. The molecule has 1 aromatic carbocycles. The molecule has 1 aliphatic carbocycles. The van der Waals surface area contributed by atoms with E-state index in [1.165, 1.54) is 25.7 Å². The van der Waals surface area contributed by atoms with Crippen LogP contribution in [0.5, 0.6) is 0 Å². The fourth-order valence-electron chi connectivity index (χ4n) is 2.62. The maximum atomic E-state index is 11.2. The van der Waals surface area contributed by atoms with Gasteiger partial charge in [0.1, 0.15) is 0 Å². The SMILES string of the molecule is CC(NCC1CCCC1)c1ccc(S(N)(=O)=O)cc1. The fourth-order valence-corrected chi connectivity index (χ4v) is 3.14. The Bertz CT molecular complexity index is 505. The lowest BCUT2D eigenvalue weighted by Gasteiger charge is -2.17. The van der Waals surface area contributed by atoms with Crippen LogP contribution in [0, 0.1) is 5.92 Å². The molecule has 0 radical (unpaired) electrons. The second-order valence-electron chi connectivity index (χ2n) is 5.39. The van der Waals surface area contributed by atoms with E-state index in [2.05, 4.69) is 12.2 Å². The number of sulfonamides is 1. The molecule has 0 spiro atoms. The maximum absolute atomic E-state index is 11.2. The van der Waals surface area contributed by atoms with E-state index in [1.54, 1.807) is 12.1 Å². The van der Waals surface area contributed by atoms with Crippen LogP contribution in [0.4, 0.5) is 0 Å². The number of hydrogen-bond donors (Lipinski definition) is 2. The summed E-state index contributed by atoms with van der Waals surface area (Å²) in [6.07, 6.45) is 5.35. The topological polar surface area (TPSA) is 72.2 Å². The van der Waals surface area contributed by atoms with E-state index in [9.17, 15) is 8.42 Å². The highest BCUT2D eigenvalue weighted by atomic mass is 32.2. The van der Waals surface area contributed by atoms with Gasteiger partial charge in [0.25, 0.3) is 0 Å². The first-order valence-corrected chi connectivity index (χ1v) is 8.37. The Kier molecular flexibility index (Phi) is 4.60. The molecule has 5 heteroatoms. The van der Waals surface area contributed by atoms with Crippen LogP contribution in [-0.2, 0) is 10.0 Å². The maximum Gasteiger partial charge on any atom is 0.238 e. The van der Waals surface area contributed by atoms with Crippen molar-refractivity contribution in [1.82, 2.24) is 5.32 Å². The highest BCUT2D eigenvalue weighted by Gasteiger charge is 2.16. The average molecular weight is 282 g/mol. The van der Waals surface area contributed by atoms with Gasteiger partial charge in [-0.25, -0.2) is 13.6 Å². The normalized spacial score (nSPS) is 18.6. The van der Waals surface area contributed by atoms with E-state index < -0.39 is 10.0 Å². The molecule has 0 aliphatic heterocycles. The van der Waals surface area contributed by atoms with Crippen molar-refractivity contribution in [3.63, 3.8) is 0 Å². The minimum absolute atomic E-state index is 0.166. The molecule has 0 aromatic heterocycles. The fraction of sp³-hybridized carbons (Fsp3) is 0.571. The Morgan fingerprint density at radius 2 is 1.84 bits per heavy atom. The molecule has 1 atom stereocenters. The van der Waals surface area contributed by atoms with Gasteiger partial charge in [0.05, 0.1) is 4.90 Å². The molecule has 0 saturated heterocycles. The molecule has 1 fully saturated rings.